The first-order chi connectivity index (χ1) is 17.1. The van der Waals surface area contributed by atoms with E-state index in [1.165, 1.54) is 26.2 Å². The largest absolute Gasteiger partial charge is 0.489 e. The third-order valence-corrected chi connectivity index (χ3v) is 7.53. The van der Waals surface area contributed by atoms with E-state index in [4.69, 9.17) is 9.47 Å². The molecule has 36 heavy (non-hydrogen) atoms. The van der Waals surface area contributed by atoms with Gasteiger partial charge in [0.25, 0.3) is 15.2 Å². The first kappa shape index (κ1) is 25.2. The first-order valence-corrected chi connectivity index (χ1v) is 13.4. The lowest BCUT2D eigenvalue weighted by molar-refractivity contribution is 0.304. The predicted molar refractivity (Wildman–Crippen MR) is 133 cm³/mol. The average molecular weight is 530 g/mol. The van der Waals surface area contributed by atoms with Crippen molar-refractivity contribution < 1.29 is 26.3 Å². The summed E-state index contributed by atoms with van der Waals surface area (Å²) in [7, 11) is -5.62. The molecule has 0 fully saturated rings. The minimum Gasteiger partial charge on any atom is -0.489 e. The number of sulfonamides is 1. The van der Waals surface area contributed by atoms with E-state index < -0.39 is 25.4 Å². The molecule has 0 amide bonds. The topological polar surface area (TPSA) is 133 Å². The average Bonchev–Trinajstić information content (AvgIpc) is 3.37. The fourth-order valence-electron chi connectivity index (χ4n) is 2.93. The number of anilines is 1. The van der Waals surface area contributed by atoms with Crippen LogP contribution in [0.4, 0.5) is 5.69 Å². The molecule has 0 aliphatic rings. The van der Waals surface area contributed by atoms with E-state index >= 15 is 0 Å². The van der Waals surface area contributed by atoms with Crippen LogP contribution in [0.25, 0.3) is 0 Å². The van der Waals surface area contributed by atoms with Crippen molar-refractivity contribution in [1.82, 2.24) is 18.5 Å². The van der Waals surface area contributed by atoms with E-state index in [0.717, 1.165) is 16.2 Å². The van der Waals surface area contributed by atoms with Gasteiger partial charge < -0.3 is 9.47 Å². The van der Waals surface area contributed by atoms with Crippen molar-refractivity contribution in [3.8, 4) is 17.2 Å². The lowest BCUT2D eigenvalue weighted by Gasteiger charge is -2.11. The SMILES string of the molecule is CN(C)S(=O)(=O)n1cnc(S(=O)(=O)Nc2ccc(Oc3cccc(OCc4ccccc4)c3)cc2)n1. The zero-order valence-electron chi connectivity index (χ0n) is 19.3. The molecule has 0 unspecified atom stereocenters. The van der Waals surface area contributed by atoms with E-state index in [0.29, 0.717) is 27.9 Å². The molecule has 0 bridgehead atoms. The predicted octanol–water partition coefficient (Wildman–Crippen LogP) is 3.10. The molecule has 13 heteroatoms. The zero-order valence-corrected chi connectivity index (χ0v) is 21.0. The van der Waals surface area contributed by atoms with Gasteiger partial charge in [-0.15, -0.1) is 9.19 Å². The number of hydrogen-bond donors (Lipinski definition) is 1. The maximum absolute atomic E-state index is 12.6. The number of benzene rings is 3. The van der Waals surface area contributed by atoms with Gasteiger partial charge in [-0.2, -0.15) is 21.1 Å². The van der Waals surface area contributed by atoms with Crippen molar-refractivity contribution in [1.29, 1.82) is 0 Å². The van der Waals surface area contributed by atoms with Gasteiger partial charge in [0.2, 0.25) is 0 Å². The molecule has 0 aliphatic heterocycles. The fourth-order valence-corrected chi connectivity index (χ4v) is 4.58. The van der Waals surface area contributed by atoms with Gasteiger partial charge in [-0.25, -0.2) is 4.98 Å². The van der Waals surface area contributed by atoms with Gasteiger partial charge in [0, 0.05) is 25.8 Å². The number of rotatable bonds is 10. The lowest BCUT2D eigenvalue weighted by atomic mass is 10.2. The van der Waals surface area contributed by atoms with Crippen LogP contribution in [0.15, 0.2) is 90.3 Å². The number of nitrogens with one attached hydrogen (secondary N) is 1. The Balaban J connectivity index is 1.40. The molecule has 4 aromatic rings. The van der Waals surface area contributed by atoms with Crippen molar-refractivity contribution in [3.05, 3.63) is 90.8 Å². The molecule has 4 rings (SSSR count). The van der Waals surface area contributed by atoms with Gasteiger partial charge in [-0.1, -0.05) is 36.4 Å². The summed E-state index contributed by atoms with van der Waals surface area (Å²) in [6.07, 6.45) is 0.818. The Morgan fingerprint density at radius 2 is 1.56 bits per heavy atom. The van der Waals surface area contributed by atoms with Crippen LogP contribution in [0, 0.1) is 0 Å². The third-order valence-electron chi connectivity index (χ3n) is 4.79. The summed E-state index contributed by atoms with van der Waals surface area (Å²) in [5.41, 5.74) is 1.26. The smallest absolute Gasteiger partial charge is 0.323 e. The standard InChI is InChI=1S/C23H23N5O6S2/c1-27(2)36(31,32)28-17-24-23(25-28)35(29,30)26-19-11-13-20(14-12-19)34-22-10-6-9-21(15-22)33-16-18-7-4-3-5-8-18/h3-15,17,26H,16H2,1-2H3. The van der Waals surface area contributed by atoms with Crippen molar-refractivity contribution in [3.63, 3.8) is 0 Å². The van der Waals surface area contributed by atoms with Gasteiger partial charge in [-0.3, -0.25) is 4.72 Å². The van der Waals surface area contributed by atoms with Crippen LogP contribution in [0.5, 0.6) is 17.2 Å². The quantitative estimate of drug-likeness (QED) is 0.331. The van der Waals surface area contributed by atoms with Gasteiger partial charge in [0.1, 0.15) is 30.2 Å². The Bertz CT molecular complexity index is 1540. The van der Waals surface area contributed by atoms with Gasteiger partial charge in [0.05, 0.1) is 0 Å². The maximum atomic E-state index is 12.6. The summed E-state index contributed by atoms with van der Waals surface area (Å²) in [5, 5.41) is 2.90. The molecule has 188 valence electrons. The van der Waals surface area contributed by atoms with Gasteiger partial charge in [-0.05, 0) is 42.0 Å². The highest BCUT2D eigenvalue weighted by atomic mass is 32.2. The molecular weight excluding hydrogens is 506 g/mol. The van der Waals surface area contributed by atoms with Crippen LogP contribution < -0.4 is 14.2 Å². The second kappa shape index (κ2) is 10.4. The molecule has 1 aromatic heterocycles. The number of hydrogen-bond acceptors (Lipinski definition) is 8. The Morgan fingerprint density at radius 1 is 0.861 bits per heavy atom. The van der Waals surface area contributed by atoms with E-state index in [9.17, 15) is 16.8 Å². The summed E-state index contributed by atoms with van der Waals surface area (Å²) in [4.78, 5) is 3.61. The lowest BCUT2D eigenvalue weighted by Crippen LogP contribution is -2.29. The summed E-state index contributed by atoms with van der Waals surface area (Å²) >= 11 is 0. The van der Waals surface area contributed by atoms with Crippen LogP contribution in [-0.2, 0) is 26.8 Å². The molecule has 3 aromatic carbocycles. The maximum Gasteiger partial charge on any atom is 0.323 e. The summed E-state index contributed by atoms with van der Waals surface area (Å²) in [6, 6.07) is 23.1. The highest BCUT2D eigenvalue weighted by Gasteiger charge is 2.25. The van der Waals surface area contributed by atoms with Crippen molar-refractivity contribution >= 4 is 25.9 Å². The Kier molecular flexibility index (Phi) is 7.24. The van der Waals surface area contributed by atoms with E-state index in [1.54, 1.807) is 30.3 Å². The van der Waals surface area contributed by atoms with Gasteiger partial charge >= 0.3 is 10.2 Å². The van der Waals surface area contributed by atoms with Crippen LogP contribution >= 0.6 is 0 Å². The van der Waals surface area contributed by atoms with Crippen molar-refractivity contribution in [2.24, 2.45) is 0 Å². The Labute approximate surface area is 209 Å². The normalized spacial score (nSPS) is 11.9. The Morgan fingerprint density at radius 3 is 2.25 bits per heavy atom. The van der Waals surface area contributed by atoms with Crippen molar-refractivity contribution in [2.45, 2.75) is 11.8 Å². The number of nitrogens with zero attached hydrogens (tertiary/aromatic N) is 4. The monoisotopic (exact) mass is 529 g/mol. The second-order valence-corrected chi connectivity index (χ2v) is 11.2. The molecule has 0 aliphatic carbocycles. The zero-order chi connectivity index (χ0) is 25.8. The highest BCUT2D eigenvalue weighted by Crippen LogP contribution is 2.27. The second-order valence-electron chi connectivity index (χ2n) is 7.67. The van der Waals surface area contributed by atoms with Gasteiger partial charge in [0.15, 0.2) is 0 Å². The van der Waals surface area contributed by atoms with E-state index in [-0.39, 0.29) is 5.69 Å². The number of aromatic nitrogens is 3. The van der Waals surface area contributed by atoms with Crippen molar-refractivity contribution in [2.75, 3.05) is 18.8 Å². The minimum atomic E-state index is -4.22. The first-order valence-electron chi connectivity index (χ1n) is 10.6. The molecule has 0 spiro atoms. The molecule has 11 nitrogen and oxygen atoms in total. The Hall–Kier alpha value is -3.94. The van der Waals surface area contributed by atoms with Crippen LogP contribution in [0.2, 0.25) is 0 Å². The summed E-state index contributed by atoms with van der Waals surface area (Å²) < 4.78 is 64.7. The third kappa shape index (κ3) is 6.00. The molecular formula is C23H23N5O6S2. The van der Waals surface area contributed by atoms with Crippen LogP contribution in [-0.4, -0.2) is 49.4 Å². The van der Waals surface area contributed by atoms with E-state index in [1.807, 2.05) is 36.4 Å². The molecule has 0 saturated carbocycles. The van der Waals surface area contributed by atoms with E-state index in [2.05, 4.69) is 14.8 Å². The molecule has 0 radical (unpaired) electrons. The molecule has 1 heterocycles. The fraction of sp³-hybridized carbons (Fsp3) is 0.130. The van der Waals surface area contributed by atoms with Crippen LogP contribution in [0.3, 0.4) is 0 Å². The summed E-state index contributed by atoms with van der Waals surface area (Å²) in [5.74, 6) is 1.66. The number of ether oxygens (including phenoxy) is 2. The highest BCUT2D eigenvalue weighted by molar-refractivity contribution is 7.92. The van der Waals surface area contributed by atoms with Crippen LogP contribution in [0.1, 0.15) is 5.56 Å². The molecule has 0 saturated heterocycles. The summed E-state index contributed by atoms with van der Waals surface area (Å²) in [6.45, 7) is 0.424. The molecule has 0 atom stereocenters. The minimum absolute atomic E-state index is 0.217. The molecule has 1 N–H and O–H groups in total.